The number of nitrogens with zero attached hydrogens (tertiary/aromatic N) is 1. The van der Waals surface area contributed by atoms with Crippen LogP contribution >= 0.6 is 11.8 Å². The van der Waals surface area contributed by atoms with Crippen LogP contribution in [0.5, 0.6) is 0 Å². The third-order valence-corrected chi connectivity index (χ3v) is 3.42. The first-order chi connectivity index (χ1) is 9.59. The zero-order valence-electron chi connectivity index (χ0n) is 11.2. The Morgan fingerprint density at radius 3 is 2.75 bits per heavy atom. The first-order valence-electron chi connectivity index (χ1n) is 6.19. The van der Waals surface area contributed by atoms with Crippen LogP contribution < -0.4 is 0 Å². The highest BCUT2D eigenvalue weighted by Crippen LogP contribution is 2.28. The summed E-state index contributed by atoms with van der Waals surface area (Å²) < 4.78 is 4.69. The number of carbonyl (C=O) groups is 3. The maximum Gasteiger partial charge on any atom is 0.303 e. The van der Waals surface area contributed by atoms with E-state index in [1.54, 1.807) is 0 Å². The van der Waals surface area contributed by atoms with Crippen LogP contribution in [0.3, 0.4) is 0 Å². The number of allylic oxidation sites excluding steroid dienone is 2. The summed E-state index contributed by atoms with van der Waals surface area (Å²) in [4.78, 5) is 34.1. The summed E-state index contributed by atoms with van der Waals surface area (Å²) in [7, 11) is 0. The lowest BCUT2D eigenvalue weighted by atomic mass is 10.0. The van der Waals surface area contributed by atoms with Gasteiger partial charge >= 0.3 is 5.97 Å². The summed E-state index contributed by atoms with van der Waals surface area (Å²) >= 11 is 1.18. The Bertz CT molecular complexity index is 547. The quantitative estimate of drug-likeness (QED) is 0.834. The lowest BCUT2D eigenvalue weighted by molar-refractivity contribution is -0.137. The number of aliphatic carboxylic acids is 1. The SMILES string of the molecule is CC.O=C(O)CCCSC1=CC(=O)c2oncc2C1=O. The predicted octanol–water partition coefficient (Wildman–Crippen LogP) is 2.56. The second-order valence-electron chi connectivity index (χ2n) is 3.62. The molecule has 20 heavy (non-hydrogen) atoms. The van der Waals surface area contributed by atoms with E-state index in [2.05, 4.69) is 5.16 Å². The third kappa shape index (κ3) is 3.80. The minimum absolute atomic E-state index is 0.0325. The van der Waals surface area contributed by atoms with E-state index in [9.17, 15) is 14.4 Å². The van der Waals surface area contributed by atoms with E-state index in [0.717, 1.165) is 0 Å². The Hall–Kier alpha value is -1.89. The van der Waals surface area contributed by atoms with Gasteiger partial charge < -0.3 is 9.63 Å². The van der Waals surface area contributed by atoms with Crippen molar-refractivity contribution in [3.63, 3.8) is 0 Å². The predicted molar refractivity (Wildman–Crippen MR) is 73.9 cm³/mol. The molecule has 1 N–H and O–H groups in total. The number of rotatable bonds is 5. The van der Waals surface area contributed by atoms with Crippen LogP contribution in [0.1, 0.15) is 47.6 Å². The van der Waals surface area contributed by atoms with Crippen LogP contribution in [0.2, 0.25) is 0 Å². The lowest BCUT2D eigenvalue weighted by Crippen LogP contribution is -2.13. The van der Waals surface area contributed by atoms with E-state index in [-0.39, 0.29) is 29.3 Å². The van der Waals surface area contributed by atoms with Crippen molar-refractivity contribution >= 4 is 29.3 Å². The molecule has 0 saturated heterocycles. The molecule has 7 heteroatoms. The van der Waals surface area contributed by atoms with Crippen molar-refractivity contribution in [1.29, 1.82) is 0 Å². The third-order valence-electron chi connectivity index (χ3n) is 2.32. The molecule has 1 aliphatic rings. The minimum atomic E-state index is -0.878. The molecule has 1 aliphatic carbocycles. The van der Waals surface area contributed by atoms with Gasteiger partial charge in [-0.1, -0.05) is 19.0 Å². The summed E-state index contributed by atoms with van der Waals surface area (Å²) in [5.74, 6) is -1.13. The second kappa shape index (κ2) is 7.64. The van der Waals surface area contributed by atoms with Crippen molar-refractivity contribution in [2.75, 3.05) is 5.75 Å². The van der Waals surface area contributed by atoms with Crippen molar-refractivity contribution in [2.45, 2.75) is 26.7 Å². The summed E-state index contributed by atoms with van der Waals surface area (Å²) in [6.45, 7) is 4.00. The molecule has 0 saturated carbocycles. The van der Waals surface area contributed by atoms with Gasteiger partial charge in [-0.3, -0.25) is 14.4 Å². The Labute approximate surface area is 120 Å². The average Bonchev–Trinajstić information content (AvgIpc) is 2.92. The molecule has 6 nitrogen and oxygen atoms in total. The molecular weight excluding hydrogens is 282 g/mol. The van der Waals surface area contributed by atoms with E-state index in [1.807, 2.05) is 13.8 Å². The van der Waals surface area contributed by atoms with Gasteiger partial charge in [-0.2, -0.15) is 0 Å². The molecule has 0 aromatic carbocycles. The van der Waals surface area contributed by atoms with Crippen LogP contribution in [0, 0.1) is 0 Å². The molecule has 0 radical (unpaired) electrons. The Morgan fingerprint density at radius 1 is 1.40 bits per heavy atom. The number of hydrogen-bond acceptors (Lipinski definition) is 6. The van der Waals surface area contributed by atoms with Gasteiger partial charge in [0, 0.05) is 12.5 Å². The van der Waals surface area contributed by atoms with Gasteiger partial charge in [0.25, 0.3) is 0 Å². The van der Waals surface area contributed by atoms with E-state index in [4.69, 9.17) is 9.63 Å². The van der Waals surface area contributed by atoms with Gasteiger partial charge in [0.15, 0.2) is 0 Å². The summed E-state index contributed by atoms with van der Waals surface area (Å²) in [6, 6.07) is 0. The smallest absolute Gasteiger partial charge is 0.303 e. The second-order valence-corrected chi connectivity index (χ2v) is 4.75. The highest BCUT2D eigenvalue weighted by Gasteiger charge is 2.29. The molecule has 1 heterocycles. The number of ketones is 2. The topological polar surface area (TPSA) is 97.5 Å². The van der Waals surface area contributed by atoms with E-state index < -0.39 is 5.97 Å². The molecule has 0 unspecified atom stereocenters. The molecule has 0 fully saturated rings. The standard InChI is InChI=1S/C11H9NO5S.C2H6/c13-7-4-8(18-3-1-2-9(14)15)10(16)6-5-12-17-11(6)7;1-2/h4-5H,1-3H2,(H,14,15);1-2H3. The normalized spacial score (nSPS) is 13.2. The first-order valence-corrected chi connectivity index (χ1v) is 7.18. The molecule has 1 aromatic rings. The summed E-state index contributed by atoms with van der Waals surface area (Å²) in [5.41, 5.74) is 0.170. The number of aromatic nitrogens is 1. The Balaban J connectivity index is 0.000000956. The zero-order chi connectivity index (χ0) is 15.1. The molecule has 2 rings (SSSR count). The average molecular weight is 297 g/mol. The van der Waals surface area contributed by atoms with Crippen LogP contribution in [0.15, 0.2) is 21.7 Å². The van der Waals surface area contributed by atoms with Crippen molar-refractivity contribution in [3.8, 4) is 0 Å². The molecule has 1 aromatic heterocycles. The Kier molecular flexibility index (Phi) is 6.17. The summed E-state index contributed by atoms with van der Waals surface area (Å²) in [6.07, 6.45) is 2.91. The monoisotopic (exact) mass is 297 g/mol. The lowest BCUT2D eigenvalue weighted by Gasteiger charge is -2.08. The number of fused-ring (bicyclic) bond motifs is 1. The van der Waals surface area contributed by atoms with Gasteiger partial charge in [-0.25, -0.2) is 0 Å². The van der Waals surface area contributed by atoms with Crippen LogP contribution in [0.25, 0.3) is 0 Å². The fraction of sp³-hybridized carbons (Fsp3) is 0.385. The van der Waals surface area contributed by atoms with Crippen molar-refractivity contribution in [1.82, 2.24) is 5.16 Å². The Morgan fingerprint density at radius 2 is 2.10 bits per heavy atom. The number of thioether (sulfide) groups is 1. The van der Waals surface area contributed by atoms with E-state index in [1.165, 1.54) is 24.0 Å². The molecule has 0 aliphatic heterocycles. The maximum absolute atomic E-state index is 11.9. The highest BCUT2D eigenvalue weighted by atomic mass is 32.2. The van der Waals surface area contributed by atoms with Crippen LogP contribution in [-0.4, -0.2) is 33.6 Å². The highest BCUT2D eigenvalue weighted by molar-refractivity contribution is 8.04. The van der Waals surface area contributed by atoms with Crippen molar-refractivity contribution < 1.29 is 24.0 Å². The minimum Gasteiger partial charge on any atom is -0.481 e. The first kappa shape index (κ1) is 16.2. The molecular formula is C13H15NO5S. The van der Waals surface area contributed by atoms with Gasteiger partial charge in [-0.05, 0) is 12.2 Å². The fourth-order valence-electron chi connectivity index (χ4n) is 1.47. The number of carboxylic acids is 1. The zero-order valence-corrected chi connectivity index (χ0v) is 12.0. The summed E-state index contributed by atoms with van der Waals surface area (Å²) in [5, 5.41) is 11.9. The van der Waals surface area contributed by atoms with Gasteiger partial charge in [-0.15, -0.1) is 11.8 Å². The number of carboxylic acid groups (broad SMARTS) is 1. The number of Topliss-reactive ketones (excluding diaryl/α,β-unsaturated/α-hetero) is 1. The van der Waals surface area contributed by atoms with Gasteiger partial charge in [0.2, 0.25) is 17.3 Å². The van der Waals surface area contributed by atoms with Crippen molar-refractivity contribution in [3.05, 3.63) is 28.5 Å². The van der Waals surface area contributed by atoms with Crippen molar-refractivity contribution in [2.24, 2.45) is 0 Å². The van der Waals surface area contributed by atoms with Gasteiger partial charge in [0.05, 0.1) is 16.7 Å². The van der Waals surface area contributed by atoms with Crippen LogP contribution in [0.4, 0.5) is 0 Å². The number of carbonyl (C=O) groups excluding carboxylic acids is 2. The molecule has 0 spiro atoms. The van der Waals surface area contributed by atoms with E-state index >= 15 is 0 Å². The van der Waals surface area contributed by atoms with Crippen LogP contribution in [-0.2, 0) is 4.79 Å². The maximum atomic E-state index is 11.9. The molecule has 108 valence electrons. The van der Waals surface area contributed by atoms with Gasteiger partial charge in [0.1, 0.15) is 0 Å². The molecule has 0 bridgehead atoms. The molecule has 0 amide bonds. The molecule has 0 atom stereocenters. The number of hydrogen-bond donors (Lipinski definition) is 1. The fourth-order valence-corrected chi connectivity index (χ4v) is 2.41. The largest absolute Gasteiger partial charge is 0.481 e. The van der Waals surface area contributed by atoms with E-state index in [0.29, 0.717) is 17.1 Å².